The molecule has 0 aliphatic carbocycles. The topological polar surface area (TPSA) is 73.3 Å². The highest BCUT2D eigenvalue weighted by Gasteiger charge is 2.31. The summed E-state index contributed by atoms with van der Waals surface area (Å²) in [6.07, 6.45) is 1.04. The molecule has 2 atom stereocenters. The molecule has 3 N–H and O–H groups in total. The number of anilines is 2. The van der Waals surface area contributed by atoms with Crippen LogP contribution in [0.15, 0.2) is 18.2 Å². The van der Waals surface area contributed by atoms with E-state index in [0.717, 1.165) is 18.7 Å². The van der Waals surface area contributed by atoms with Crippen LogP contribution in [-0.2, 0) is 0 Å². The fourth-order valence-electron chi connectivity index (χ4n) is 2.45. The first-order valence-corrected chi connectivity index (χ1v) is 5.84. The second-order valence-electron chi connectivity index (χ2n) is 4.59. The van der Waals surface area contributed by atoms with E-state index < -0.39 is 0 Å². The minimum Gasteiger partial charge on any atom is -0.397 e. The average Bonchev–Trinajstić information content (AvgIpc) is 2.71. The first kappa shape index (κ1) is 11.7. The predicted octanol–water partition coefficient (Wildman–Crippen LogP) is 1.35. The Hall–Kier alpha value is -1.73. The number of hydrogen-bond donors (Lipinski definition) is 2. The lowest BCUT2D eigenvalue weighted by molar-refractivity contribution is 0.245. The van der Waals surface area contributed by atoms with Crippen LogP contribution in [-0.4, -0.2) is 24.3 Å². The predicted molar refractivity (Wildman–Crippen MR) is 67.6 cm³/mol. The zero-order valence-electron chi connectivity index (χ0n) is 9.93. The highest BCUT2D eigenvalue weighted by molar-refractivity contribution is 5.70. The van der Waals surface area contributed by atoms with Gasteiger partial charge in [-0.1, -0.05) is 6.92 Å². The van der Waals surface area contributed by atoms with Crippen molar-refractivity contribution in [2.45, 2.75) is 19.4 Å². The van der Waals surface area contributed by atoms with Gasteiger partial charge in [-0.2, -0.15) is 5.26 Å². The van der Waals surface area contributed by atoms with Gasteiger partial charge in [-0.05, 0) is 30.5 Å². The first-order chi connectivity index (χ1) is 8.17. The molecule has 1 fully saturated rings. The Morgan fingerprint density at radius 1 is 1.59 bits per heavy atom. The maximum atomic E-state index is 9.44. The van der Waals surface area contributed by atoms with Crippen LogP contribution in [0.2, 0.25) is 0 Å². The van der Waals surface area contributed by atoms with E-state index in [-0.39, 0.29) is 12.6 Å². The van der Waals surface area contributed by atoms with Crippen LogP contribution >= 0.6 is 0 Å². The number of aliphatic hydroxyl groups is 1. The third kappa shape index (κ3) is 2.06. The molecular weight excluding hydrogens is 214 g/mol. The van der Waals surface area contributed by atoms with Crippen molar-refractivity contribution in [2.24, 2.45) is 5.92 Å². The van der Waals surface area contributed by atoms with E-state index in [4.69, 9.17) is 11.0 Å². The van der Waals surface area contributed by atoms with E-state index in [1.54, 1.807) is 18.2 Å². The van der Waals surface area contributed by atoms with Crippen molar-refractivity contribution in [3.05, 3.63) is 23.8 Å². The van der Waals surface area contributed by atoms with Gasteiger partial charge in [-0.15, -0.1) is 0 Å². The Labute approximate surface area is 101 Å². The second-order valence-corrected chi connectivity index (χ2v) is 4.59. The lowest BCUT2D eigenvalue weighted by Gasteiger charge is -2.28. The third-order valence-corrected chi connectivity index (χ3v) is 3.54. The summed E-state index contributed by atoms with van der Waals surface area (Å²) in [6, 6.07) is 7.49. The summed E-state index contributed by atoms with van der Waals surface area (Å²) in [5, 5.41) is 18.4. The lowest BCUT2D eigenvalue weighted by Crippen LogP contribution is -2.35. The maximum Gasteiger partial charge on any atom is 0.0992 e. The summed E-state index contributed by atoms with van der Waals surface area (Å²) in [6.45, 7) is 3.13. The monoisotopic (exact) mass is 231 g/mol. The van der Waals surface area contributed by atoms with Gasteiger partial charge in [0, 0.05) is 6.54 Å². The average molecular weight is 231 g/mol. The number of nitrogens with two attached hydrogens (primary N) is 1. The number of rotatable bonds is 2. The van der Waals surface area contributed by atoms with Crippen molar-refractivity contribution in [3.63, 3.8) is 0 Å². The quantitative estimate of drug-likeness (QED) is 0.753. The van der Waals surface area contributed by atoms with Crippen molar-refractivity contribution in [3.8, 4) is 6.07 Å². The van der Waals surface area contributed by atoms with Gasteiger partial charge in [0.1, 0.15) is 0 Å². The Morgan fingerprint density at radius 2 is 2.35 bits per heavy atom. The molecule has 0 spiro atoms. The van der Waals surface area contributed by atoms with Crippen molar-refractivity contribution in [1.29, 1.82) is 5.26 Å². The molecule has 1 aromatic carbocycles. The fraction of sp³-hybridized carbons (Fsp3) is 0.462. The molecule has 0 aromatic heterocycles. The van der Waals surface area contributed by atoms with Crippen LogP contribution in [0.4, 0.5) is 11.4 Å². The number of hydrogen-bond acceptors (Lipinski definition) is 4. The number of nitrogen functional groups attached to an aromatic ring is 1. The molecular formula is C13H17N3O. The largest absolute Gasteiger partial charge is 0.397 e. The van der Waals surface area contributed by atoms with E-state index in [2.05, 4.69) is 17.9 Å². The van der Waals surface area contributed by atoms with Crippen molar-refractivity contribution >= 4 is 11.4 Å². The van der Waals surface area contributed by atoms with E-state index in [1.807, 2.05) is 0 Å². The lowest BCUT2D eigenvalue weighted by atomic mass is 10.0. The van der Waals surface area contributed by atoms with E-state index >= 15 is 0 Å². The summed E-state index contributed by atoms with van der Waals surface area (Å²) in [5.74, 6) is 0.449. The number of aliphatic hydroxyl groups excluding tert-OH is 1. The highest BCUT2D eigenvalue weighted by atomic mass is 16.3. The van der Waals surface area contributed by atoms with Gasteiger partial charge < -0.3 is 15.7 Å². The van der Waals surface area contributed by atoms with Crippen molar-refractivity contribution in [1.82, 2.24) is 0 Å². The van der Waals surface area contributed by atoms with Crippen LogP contribution in [0.3, 0.4) is 0 Å². The van der Waals surface area contributed by atoms with Gasteiger partial charge in [0.25, 0.3) is 0 Å². The molecule has 0 amide bonds. The summed E-state index contributed by atoms with van der Waals surface area (Å²) in [7, 11) is 0. The molecule has 0 saturated carbocycles. The molecule has 1 aromatic rings. The Balaban J connectivity index is 2.37. The van der Waals surface area contributed by atoms with Crippen LogP contribution in [0.5, 0.6) is 0 Å². The molecule has 2 rings (SSSR count). The number of benzene rings is 1. The smallest absolute Gasteiger partial charge is 0.0992 e. The van der Waals surface area contributed by atoms with Gasteiger partial charge >= 0.3 is 0 Å². The molecule has 90 valence electrons. The van der Waals surface area contributed by atoms with Gasteiger partial charge in [0.2, 0.25) is 0 Å². The minimum atomic E-state index is 0.103. The molecule has 0 radical (unpaired) electrons. The first-order valence-electron chi connectivity index (χ1n) is 5.84. The number of nitriles is 1. The molecule has 4 nitrogen and oxygen atoms in total. The van der Waals surface area contributed by atoms with Crippen LogP contribution in [0.1, 0.15) is 18.9 Å². The molecule has 1 aliphatic heterocycles. The molecule has 2 unspecified atom stereocenters. The Morgan fingerprint density at radius 3 is 3.00 bits per heavy atom. The minimum absolute atomic E-state index is 0.103. The Bertz CT molecular complexity index is 452. The van der Waals surface area contributed by atoms with Gasteiger partial charge in [-0.3, -0.25) is 0 Å². The molecule has 4 heteroatoms. The van der Waals surface area contributed by atoms with Crippen LogP contribution in [0, 0.1) is 17.2 Å². The van der Waals surface area contributed by atoms with E-state index in [9.17, 15) is 5.11 Å². The number of nitrogens with zero attached hydrogens (tertiary/aromatic N) is 2. The zero-order valence-corrected chi connectivity index (χ0v) is 9.93. The van der Waals surface area contributed by atoms with E-state index in [1.165, 1.54) is 0 Å². The van der Waals surface area contributed by atoms with Gasteiger partial charge in [0.15, 0.2) is 0 Å². The summed E-state index contributed by atoms with van der Waals surface area (Å²) >= 11 is 0. The van der Waals surface area contributed by atoms with Crippen LogP contribution in [0.25, 0.3) is 0 Å². The summed E-state index contributed by atoms with van der Waals surface area (Å²) in [5.41, 5.74) is 8.09. The van der Waals surface area contributed by atoms with E-state index in [0.29, 0.717) is 17.2 Å². The summed E-state index contributed by atoms with van der Waals surface area (Å²) in [4.78, 5) is 2.11. The standard InChI is InChI=1S/C13H17N3O/c1-9-4-5-16(13(9)8-17)12-6-10(7-14)2-3-11(12)15/h2-3,6,9,13,17H,4-5,8,15H2,1H3. The fourth-order valence-corrected chi connectivity index (χ4v) is 2.45. The highest BCUT2D eigenvalue weighted by Crippen LogP contribution is 2.33. The van der Waals surface area contributed by atoms with Crippen molar-refractivity contribution in [2.75, 3.05) is 23.8 Å². The molecule has 1 aliphatic rings. The van der Waals surface area contributed by atoms with Gasteiger partial charge in [-0.25, -0.2) is 0 Å². The van der Waals surface area contributed by atoms with Crippen LogP contribution < -0.4 is 10.6 Å². The molecule has 1 heterocycles. The molecule has 0 bridgehead atoms. The molecule has 1 saturated heterocycles. The SMILES string of the molecule is CC1CCN(c2cc(C#N)ccc2N)C1CO. The third-order valence-electron chi connectivity index (χ3n) is 3.54. The zero-order chi connectivity index (χ0) is 12.4. The summed E-state index contributed by atoms with van der Waals surface area (Å²) < 4.78 is 0. The second kappa shape index (κ2) is 4.64. The molecule has 17 heavy (non-hydrogen) atoms. The van der Waals surface area contributed by atoms with Gasteiger partial charge in [0.05, 0.1) is 35.7 Å². The normalized spacial score (nSPS) is 23.7. The van der Waals surface area contributed by atoms with Crippen molar-refractivity contribution < 1.29 is 5.11 Å². The maximum absolute atomic E-state index is 9.44. The Kier molecular flexibility index (Phi) is 3.21.